The lowest BCUT2D eigenvalue weighted by atomic mass is 10.1. The molecule has 3 nitrogen and oxygen atoms in total. The summed E-state index contributed by atoms with van der Waals surface area (Å²) in [5.74, 6) is 1.25. The van der Waals surface area contributed by atoms with Crippen LogP contribution in [0, 0.1) is 0 Å². The minimum atomic E-state index is 0.382. The van der Waals surface area contributed by atoms with Crippen molar-refractivity contribution in [2.45, 2.75) is 33.1 Å². The van der Waals surface area contributed by atoms with Gasteiger partial charge in [0.25, 0.3) is 0 Å². The van der Waals surface area contributed by atoms with E-state index in [1.165, 1.54) is 0 Å². The van der Waals surface area contributed by atoms with Crippen molar-refractivity contribution in [1.29, 1.82) is 0 Å². The molecule has 80 valence electrons. The van der Waals surface area contributed by atoms with Crippen LogP contribution in [0.5, 0.6) is 0 Å². The van der Waals surface area contributed by atoms with Crippen LogP contribution in [-0.2, 0) is 6.42 Å². The summed E-state index contributed by atoms with van der Waals surface area (Å²) < 4.78 is 0. The highest BCUT2D eigenvalue weighted by molar-refractivity contribution is 6.30. The van der Waals surface area contributed by atoms with Crippen molar-refractivity contribution in [2.75, 3.05) is 0 Å². The summed E-state index contributed by atoms with van der Waals surface area (Å²) in [6.07, 6.45) is 0.840. The van der Waals surface area contributed by atoms with E-state index in [2.05, 4.69) is 35.7 Å². The predicted molar refractivity (Wildman–Crippen MR) is 62.4 cm³/mol. The fourth-order valence-electron chi connectivity index (χ4n) is 1.65. The molecule has 0 amide bonds. The van der Waals surface area contributed by atoms with Gasteiger partial charge in [0.1, 0.15) is 16.6 Å². The second-order valence-corrected chi connectivity index (χ2v) is 4.32. The van der Waals surface area contributed by atoms with Gasteiger partial charge in [0.05, 0.1) is 5.69 Å². The highest BCUT2D eigenvalue weighted by atomic mass is 35.5. The van der Waals surface area contributed by atoms with E-state index in [9.17, 15) is 0 Å². The van der Waals surface area contributed by atoms with Crippen LogP contribution in [0.1, 0.15) is 38.2 Å². The zero-order valence-electron chi connectivity index (χ0n) is 9.13. The number of H-pyrrole nitrogens is 1. The molecule has 2 rings (SSSR count). The SMILES string of the molecule is CCc1nc(C(C)C)c2cc(Cl)[nH]c2n1. The number of aromatic nitrogens is 3. The van der Waals surface area contributed by atoms with Crippen molar-refractivity contribution in [3.8, 4) is 0 Å². The molecule has 1 N–H and O–H groups in total. The standard InChI is InChI=1S/C11H14ClN3/c1-4-9-14-10(6(2)3)7-5-8(12)13-11(7)15-9/h5-6H,4H2,1-3H3,(H,13,14,15). The van der Waals surface area contributed by atoms with Crippen molar-refractivity contribution in [3.05, 3.63) is 22.7 Å². The Balaban J connectivity index is 2.73. The van der Waals surface area contributed by atoms with Crippen LogP contribution in [0.15, 0.2) is 6.07 Å². The number of nitrogens with zero attached hydrogens (tertiary/aromatic N) is 2. The Bertz CT molecular complexity index is 488. The van der Waals surface area contributed by atoms with Gasteiger partial charge in [0, 0.05) is 11.8 Å². The molecule has 2 aromatic heterocycles. The summed E-state index contributed by atoms with van der Waals surface area (Å²) in [7, 11) is 0. The average molecular weight is 224 g/mol. The first kappa shape index (κ1) is 10.4. The van der Waals surface area contributed by atoms with E-state index < -0.39 is 0 Å². The molecule has 0 saturated heterocycles. The number of hydrogen-bond acceptors (Lipinski definition) is 2. The van der Waals surface area contributed by atoms with Gasteiger partial charge in [-0.05, 0) is 12.0 Å². The van der Waals surface area contributed by atoms with E-state index in [1.54, 1.807) is 0 Å². The fraction of sp³-hybridized carbons (Fsp3) is 0.455. The van der Waals surface area contributed by atoms with Gasteiger partial charge in [-0.2, -0.15) is 0 Å². The van der Waals surface area contributed by atoms with Crippen LogP contribution in [0.25, 0.3) is 11.0 Å². The number of nitrogens with one attached hydrogen (secondary N) is 1. The first-order valence-corrected chi connectivity index (χ1v) is 5.54. The largest absolute Gasteiger partial charge is 0.330 e. The molecule has 0 aliphatic rings. The third kappa shape index (κ3) is 1.84. The van der Waals surface area contributed by atoms with E-state index in [0.717, 1.165) is 29.0 Å². The summed E-state index contributed by atoms with van der Waals surface area (Å²) in [6, 6.07) is 1.89. The van der Waals surface area contributed by atoms with Crippen molar-refractivity contribution in [3.63, 3.8) is 0 Å². The molecule has 0 fully saturated rings. The number of aromatic amines is 1. The van der Waals surface area contributed by atoms with E-state index >= 15 is 0 Å². The smallest absolute Gasteiger partial charge is 0.142 e. The van der Waals surface area contributed by atoms with Gasteiger partial charge in [-0.1, -0.05) is 32.4 Å². The van der Waals surface area contributed by atoms with E-state index in [4.69, 9.17) is 11.6 Å². The van der Waals surface area contributed by atoms with Gasteiger partial charge >= 0.3 is 0 Å². The Morgan fingerprint density at radius 2 is 2.13 bits per heavy atom. The van der Waals surface area contributed by atoms with Crippen LogP contribution in [-0.4, -0.2) is 15.0 Å². The highest BCUT2D eigenvalue weighted by Gasteiger charge is 2.12. The molecule has 0 aliphatic heterocycles. The van der Waals surface area contributed by atoms with Crippen LogP contribution in [0.2, 0.25) is 5.15 Å². The van der Waals surface area contributed by atoms with Gasteiger partial charge in [-0.3, -0.25) is 0 Å². The first-order chi connectivity index (χ1) is 7.11. The summed E-state index contributed by atoms with van der Waals surface area (Å²) >= 11 is 5.93. The lowest BCUT2D eigenvalue weighted by Gasteiger charge is -2.07. The van der Waals surface area contributed by atoms with Crippen molar-refractivity contribution < 1.29 is 0 Å². The second-order valence-electron chi connectivity index (χ2n) is 3.91. The Labute approximate surface area is 93.9 Å². The minimum Gasteiger partial charge on any atom is -0.330 e. The number of aryl methyl sites for hydroxylation is 1. The second kappa shape index (κ2) is 3.81. The zero-order valence-corrected chi connectivity index (χ0v) is 9.89. The normalized spacial score (nSPS) is 11.5. The van der Waals surface area contributed by atoms with Crippen LogP contribution in [0.4, 0.5) is 0 Å². The fourth-order valence-corrected chi connectivity index (χ4v) is 1.85. The molecular weight excluding hydrogens is 210 g/mol. The Morgan fingerprint density at radius 3 is 2.73 bits per heavy atom. The Hall–Kier alpha value is -1.09. The number of fused-ring (bicyclic) bond motifs is 1. The van der Waals surface area contributed by atoms with Gasteiger partial charge in [0.15, 0.2) is 0 Å². The van der Waals surface area contributed by atoms with Gasteiger partial charge < -0.3 is 4.98 Å². The third-order valence-electron chi connectivity index (χ3n) is 2.39. The van der Waals surface area contributed by atoms with Crippen molar-refractivity contribution >= 4 is 22.6 Å². The summed E-state index contributed by atoms with van der Waals surface area (Å²) in [5, 5.41) is 1.65. The van der Waals surface area contributed by atoms with Crippen LogP contribution >= 0.6 is 11.6 Å². The molecule has 0 spiro atoms. The summed E-state index contributed by atoms with van der Waals surface area (Å²) in [4.78, 5) is 12.0. The topological polar surface area (TPSA) is 41.6 Å². The highest BCUT2D eigenvalue weighted by Crippen LogP contribution is 2.25. The molecule has 0 bridgehead atoms. The lowest BCUT2D eigenvalue weighted by Crippen LogP contribution is -2.00. The molecule has 2 aromatic rings. The maximum Gasteiger partial charge on any atom is 0.142 e. The molecule has 0 radical (unpaired) electrons. The quantitative estimate of drug-likeness (QED) is 0.849. The molecule has 4 heteroatoms. The van der Waals surface area contributed by atoms with E-state index in [0.29, 0.717) is 11.1 Å². The predicted octanol–water partition coefficient (Wildman–Crippen LogP) is 3.30. The third-order valence-corrected chi connectivity index (χ3v) is 2.60. The molecule has 0 unspecified atom stereocenters. The number of hydrogen-bond donors (Lipinski definition) is 1. The monoisotopic (exact) mass is 223 g/mol. The summed E-state index contributed by atoms with van der Waals surface area (Å²) in [5.41, 5.74) is 1.91. The van der Waals surface area contributed by atoms with Gasteiger partial charge in [0.2, 0.25) is 0 Å². The molecule has 0 saturated carbocycles. The molecular formula is C11H14ClN3. The van der Waals surface area contributed by atoms with Crippen LogP contribution in [0.3, 0.4) is 0 Å². The Morgan fingerprint density at radius 1 is 1.40 bits per heavy atom. The minimum absolute atomic E-state index is 0.382. The number of halogens is 1. The maximum absolute atomic E-state index is 5.93. The molecule has 0 aromatic carbocycles. The maximum atomic E-state index is 5.93. The number of rotatable bonds is 2. The molecule has 2 heterocycles. The van der Waals surface area contributed by atoms with E-state index in [1.807, 2.05) is 6.07 Å². The van der Waals surface area contributed by atoms with E-state index in [-0.39, 0.29) is 0 Å². The molecule has 0 atom stereocenters. The summed E-state index contributed by atoms with van der Waals surface area (Å²) in [6.45, 7) is 6.31. The van der Waals surface area contributed by atoms with Crippen molar-refractivity contribution in [2.24, 2.45) is 0 Å². The lowest BCUT2D eigenvalue weighted by molar-refractivity contribution is 0.803. The zero-order chi connectivity index (χ0) is 11.0. The average Bonchev–Trinajstić information content (AvgIpc) is 2.55. The van der Waals surface area contributed by atoms with Crippen LogP contribution < -0.4 is 0 Å². The van der Waals surface area contributed by atoms with Gasteiger partial charge in [-0.15, -0.1) is 0 Å². The Kier molecular flexibility index (Phi) is 2.65. The van der Waals surface area contributed by atoms with Gasteiger partial charge in [-0.25, -0.2) is 9.97 Å². The van der Waals surface area contributed by atoms with Crippen molar-refractivity contribution in [1.82, 2.24) is 15.0 Å². The molecule has 15 heavy (non-hydrogen) atoms. The first-order valence-electron chi connectivity index (χ1n) is 5.16. The molecule has 0 aliphatic carbocycles.